The maximum atomic E-state index is 12.3. The number of furan rings is 1. The van der Waals surface area contributed by atoms with Crippen LogP contribution in [0.1, 0.15) is 18.1 Å². The molecule has 1 N–H and O–H groups in total. The predicted molar refractivity (Wildman–Crippen MR) is 114 cm³/mol. The van der Waals surface area contributed by atoms with Crippen molar-refractivity contribution < 1.29 is 9.15 Å². The third kappa shape index (κ3) is 3.18. The second-order valence-electron chi connectivity index (χ2n) is 6.96. The first-order valence-electron chi connectivity index (χ1n) is 9.07. The quantitative estimate of drug-likeness (QED) is 0.566. The smallest absolute Gasteiger partial charge is 0.332 e. The lowest BCUT2D eigenvalue weighted by atomic mass is 9.96. The molecule has 0 fully saturated rings. The minimum atomic E-state index is -0.515. The van der Waals surface area contributed by atoms with Gasteiger partial charge in [-0.15, -0.1) is 0 Å². The van der Waals surface area contributed by atoms with Gasteiger partial charge in [-0.3, -0.25) is 14.3 Å². The first-order valence-corrected chi connectivity index (χ1v) is 9.07. The molecule has 0 unspecified atom stereocenters. The van der Waals surface area contributed by atoms with E-state index in [1.807, 2.05) is 44.2 Å². The number of benzene rings is 2. The summed E-state index contributed by atoms with van der Waals surface area (Å²) < 4.78 is 12.8. The number of fused-ring (bicyclic) bond motifs is 1. The van der Waals surface area contributed by atoms with Gasteiger partial charge in [-0.2, -0.15) is 0 Å². The second-order valence-corrected chi connectivity index (χ2v) is 6.96. The Morgan fingerprint density at radius 2 is 1.97 bits per heavy atom. The number of nitrogens with one attached hydrogen (secondary N) is 1. The Labute approximate surface area is 166 Å². The number of rotatable bonds is 4. The van der Waals surface area contributed by atoms with Crippen LogP contribution in [0.25, 0.3) is 33.4 Å². The van der Waals surface area contributed by atoms with Crippen molar-refractivity contribution in [2.24, 2.45) is 0 Å². The van der Waals surface area contributed by atoms with E-state index in [4.69, 9.17) is 9.15 Å². The van der Waals surface area contributed by atoms with Crippen LogP contribution in [0.3, 0.4) is 0 Å². The molecule has 29 heavy (non-hydrogen) atoms. The molecule has 4 rings (SSSR count). The van der Waals surface area contributed by atoms with Crippen molar-refractivity contribution in [3.05, 3.63) is 87.4 Å². The predicted octanol–water partition coefficient (Wildman–Crippen LogP) is 4.29. The molecule has 0 spiro atoms. The van der Waals surface area contributed by atoms with Crippen LogP contribution in [0.2, 0.25) is 0 Å². The van der Waals surface area contributed by atoms with Gasteiger partial charge in [0.05, 0.1) is 19.1 Å². The van der Waals surface area contributed by atoms with Crippen LogP contribution in [-0.2, 0) is 0 Å². The largest absolute Gasteiger partial charge is 0.495 e. The molecule has 6 nitrogen and oxygen atoms in total. The molecule has 0 aliphatic carbocycles. The fraction of sp³-hybridized carbons (Fsp3) is 0.130. The number of allylic oxidation sites excluding steroid dienone is 1. The van der Waals surface area contributed by atoms with Crippen LogP contribution < -0.4 is 16.0 Å². The van der Waals surface area contributed by atoms with E-state index in [1.165, 1.54) is 16.8 Å². The molecule has 6 heteroatoms. The van der Waals surface area contributed by atoms with E-state index in [0.29, 0.717) is 11.4 Å². The summed E-state index contributed by atoms with van der Waals surface area (Å²) in [5.74, 6) is 0.654. The standard InChI is InChI=1S/C23H20N2O4/c1-13(2)18-10-16(25-8-7-21(26)24-23(25)27)11-19(22(18)28-4)15-5-6-17-14(3)12-29-20(17)9-15/h5-12H,1H2,2-4H3,(H,24,26,27). The molecule has 0 radical (unpaired) electrons. The average Bonchev–Trinajstić information content (AvgIpc) is 3.07. The summed E-state index contributed by atoms with van der Waals surface area (Å²) in [5, 5.41) is 1.04. The van der Waals surface area contributed by atoms with Gasteiger partial charge in [-0.25, -0.2) is 4.79 Å². The van der Waals surface area contributed by atoms with Crippen LogP contribution >= 0.6 is 0 Å². The Morgan fingerprint density at radius 3 is 2.66 bits per heavy atom. The summed E-state index contributed by atoms with van der Waals surface area (Å²) in [6.07, 6.45) is 3.18. The third-order valence-electron chi connectivity index (χ3n) is 4.92. The molecule has 146 valence electrons. The van der Waals surface area contributed by atoms with Gasteiger partial charge in [-0.05, 0) is 48.7 Å². The number of nitrogens with zero attached hydrogens (tertiary/aromatic N) is 1. The lowest BCUT2D eigenvalue weighted by molar-refractivity contribution is 0.415. The molecule has 0 atom stereocenters. The number of aromatic amines is 1. The van der Waals surface area contributed by atoms with Gasteiger partial charge < -0.3 is 9.15 Å². The van der Waals surface area contributed by atoms with Gasteiger partial charge in [0.15, 0.2) is 0 Å². The molecule has 0 aliphatic heterocycles. The van der Waals surface area contributed by atoms with Gasteiger partial charge in [0.1, 0.15) is 11.3 Å². The molecular weight excluding hydrogens is 368 g/mol. The van der Waals surface area contributed by atoms with E-state index in [-0.39, 0.29) is 0 Å². The van der Waals surface area contributed by atoms with E-state index in [2.05, 4.69) is 11.6 Å². The molecule has 0 amide bonds. The van der Waals surface area contributed by atoms with Crippen molar-refractivity contribution in [3.63, 3.8) is 0 Å². The van der Waals surface area contributed by atoms with Crippen LogP contribution in [0.5, 0.6) is 5.75 Å². The fourth-order valence-corrected chi connectivity index (χ4v) is 3.45. The third-order valence-corrected chi connectivity index (χ3v) is 4.92. The Morgan fingerprint density at radius 1 is 1.17 bits per heavy atom. The van der Waals surface area contributed by atoms with Crippen LogP contribution in [-0.4, -0.2) is 16.7 Å². The molecule has 0 saturated carbocycles. The van der Waals surface area contributed by atoms with Crippen LogP contribution in [0, 0.1) is 6.92 Å². The Bertz CT molecular complexity index is 1370. The van der Waals surface area contributed by atoms with Crippen molar-refractivity contribution >= 4 is 16.5 Å². The van der Waals surface area contributed by atoms with Gasteiger partial charge in [0, 0.05) is 28.8 Å². The maximum absolute atomic E-state index is 12.3. The van der Waals surface area contributed by atoms with Crippen molar-refractivity contribution in [2.75, 3.05) is 7.11 Å². The topological polar surface area (TPSA) is 77.2 Å². The minimum absolute atomic E-state index is 0.446. The van der Waals surface area contributed by atoms with Gasteiger partial charge in [-0.1, -0.05) is 18.7 Å². The first-order chi connectivity index (χ1) is 13.9. The number of ether oxygens (including phenoxy) is 1. The van der Waals surface area contributed by atoms with E-state index in [0.717, 1.165) is 38.8 Å². The lowest BCUT2D eigenvalue weighted by Gasteiger charge is -2.17. The van der Waals surface area contributed by atoms with E-state index >= 15 is 0 Å². The highest BCUT2D eigenvalue weighted by atomic mass is 16.5. The van der Waals surface area contributed by atoms with Crippen molar-refractivity contribution in [1.82, 2.24) is 9.55 Å². The summed E-state index contributed by atoms with van der Waals surface area (Å²) in [5.41, 5.74) is 4.70. The molecule has 0 bridgehead atoms. The summed E-state index contributed by atoms with van der Waals surface area (Å²) in [7, 11) is 1.60. The number of aromatic nitrogens is 2. The zero-order valence-electron chi connectivity index (χ0n) is 16.4. The van der Waals surface area contributed by atoms with Crippen LogP contribution in [0.4, 0.5) is 0 Å². The number of methoxy groups -OCH3 is 1. The Balaban J connectivity index is 2.02. The zero-order valence-corrected chi connectivity index (χ0v) is 16.4. The van der Waals surface area contributed by atoms with Gasteiger partial charge >= 0.3 is 5.69 Å². The Hall–Kier alpha value is -3.80. The van der Waals surface area contributed by atoms with E-state index in [1.54, 1.807) is 13.4 Å². The molecule has 4 aromatic rings. The molecule has 0 saturated heterocycles. The summed E-state index contributed by atoms with van der Waals surface area (Å²) in [6, 6.07) is 10.9. The van der Waals surface area contributed by atoms with Crippen molar-refractivity contribution in [3.8, 4) is 22.6 Å². The van der Waals surface area contributed by atoms with Crippen LogP contribution in [0.15, 0.2) is 69.4 Å². The van der Waals surface area contributed by atoms with Crippen molar-refractivity contribution in [1.29, 1.82) is 0 Å². The molecule has 2 aromatic carbocycles. The molecule has 2 aromatic heterocycles. The fourth-order valence-electron chi connectivity index (χ4n) is 3.45. The summed E-state index contributed by atoms with van der Waals surface area (Å²) >= 11 is 0. The number of H-pyrrole nitrogens is 1. The normalized spacial score (nSPS) is 11.0. The monoisotopic (exact) mass is 388 g/mol. The van der Waals surface area contributed by atoms with Gasteiger partial charge in [0.2, 0.25) is 0 Å². The zero-order chi connectivity index (χ0) is 20.7. The maximum Gasteiger partial charge on any atom is 0.332 e. The Kier molecular flexibility index (Phi) is 4.47. The minimum Gasteiger partial charge on any atom is -0.495 e. The number of hydrogen-bond donors (Lipinski definition) is 1. The highest BCUT2D eigenvalue weighted by molar-refractivity contribution is 5.89. The average molecular weight is 388 g/mol. The van der Waals surface area contributed by atoms with Gasteiger partial charge in [0.25, 0.3) is 5.56 Å². The summed E-state index contributed by atoms with van der Waals surface area (Å²) in [4.78, 5) is 26.1. The van der Waals surface area contributed by atoms with Crippen molar-refractivity contribution in [2.45, 2.75) is 13.8 Å². The second kappa shape index (κ2) is 6.98. The van der Waals surface area contributed by atoms with E-state index < -0.39 is 11.2 Å². The number of aryl methyl sites for hydroxylation is 1. The SMILES string of the molecule is C=C(C)c1cc(-n2ccc(=O)[nH]c2=O)cc(-c2ccc3c(C)coc3c2)c1OC. The highest BCUT2D eigenvalue weighted by Crippen LogP contribution is 2.39. The lowest BCUT2D eigenvalue weighted by Crippen LogP contribution is -2.27. The molecule has 2 heterocycles. The molecule has 0 aliphatic rings. The first kappa shape index (κ1) is 18.6. The summed E-state index contributed by atoms with van der Waals surface area (Å²) in [6.45, 7) is 7.92. The number of hydrogen-bond acceptors (Lipinski definition) is 4. The van der Waals surface area contributed by atoms with E-state index in [9.17, 15) is 9.59 Å². The molecular formula is C23H20N2O4. The highest BCUT2D eigenvalue weighted by Gasteiger charge is 2.17.